The average Bonchev–Trinajstić information content (AvgIpc) is 3.61. The number of benzene rings is 4. The van der Waals surface area contributed by atoms with Crippen LogP contribution in [0.2, 0.25) is 0 Å². The monoisotopic (exact) mass is 654 g/mol. The third-order valence-corrected chi connectivity index (χ3v) is 9.23. The first kappa shape index (κ1) is 34.0. The fourth-order valence-electron chi connectivity index (χ4n) is 5.64. The van der Waals surface area contributed by atoms with E-state index in [0.717, 1.165) is 47.5 Å². The zero-order valence-electron chi connectivity index (χ0n) is 26.4. The Labute approximate surface area is 277 Å². The van der Waals surface area contributed by atoms with Gasteiger partial charge in [0.15, 0.2) is 0 Å². The molecule has 4 aromatic carbocycles. The van der Waals surface area contributed by atoms with Gasteiger partial charge in [-0.25, -0.2) is 13.6 Å². The van der Waals surface area contributed by atoms with E-state index in [0.29, 0.717) is 31.5 Å². The SMILES string of the molecule is NS(=O)(=O)c1ccc(CCC(OCc2ccccc2)C(=O)NCc2cccc(-c3cccc(C(=O)NCCN4CCCC4)c3)c2)cc1. The molecule has 9 nitrogen and oxygen atoms in total. The standard InChI is InChI=1S/C37H42N4O5S/c38-47(44,45)34-17-14-28(15-18-34)16-19-35(46-27-29-8-2-1-3-9-29)37(43)40-26-30-10-6-11-31(24-30)32-12-7-13-33(25-32)36(42)39-20-23-41-21-4-5-22-41/h1-3,6-15,17-18,24-25,35H,4-5,16,19-23,26-27H2,(H,39,42)(H,40,43)(H2,38,44,45). The lowest BCUT2D eigenvalue weighted by atomic mass is 10.0. The van der Waals surface area contributed by atoms with Crippen LogP contribution in [0.1, 0.15) is 46.3 Å². The molecule has 4 aromatic rings. The molecule has 47 heavy (non-hydrogen) atoms. The zero-order chi connectivity index (χ0) is 33.1. The molecule has 2 amide bonds. The zero-order valence-corrected chi connectivity index (χ0v) is 27.3. The molecular weight excluding hydrogens is 612 g/mol. The number of rotatable bonds is 15. The lowest BCUT2D eigenvalue weighted by molar-refractivity contribution is -0.134. The third-order valence-electron chi connectivity index (χ3n) is 8.30. The highest BCUT2D eigenvalue weighted by Gasteiger charge is 2.20. The van der Waals surface area contributed by atoms with Crippen LogP contribution in [0.15, 0.2) is 108 Å². The van der Waals surface area contributed by atoms with Gasteiger partial charge in [-0.3, -0.25) is 9.59 Å². The number of carbonyl (C=O) groups is 2. The second-order valence-corrected chi connectivity index (χ2v) is 13.4. The summed E-state index contributed by atoms with van der Waals surface area (Å²) in [4.78, 5) is 28.7. The summed E-state index contributed by atoms with van der Waals surface area (Å²) in [5, 5.41) is 11.3. The first-order valence-corrected chi connectivity index (χ1v) is 17.5. The van der Waals surface area contributed by atoms with E-state index in [1.807, 2.05) is 78.9 Å². The van der Waals surface area contributed by atoms with Crippen LogP contribution < -0.4 is 15.8 Å². The summed E-state index contributed by atoms with van der Waals surface area (Å²) in [6.07, 6.45) is 2.64. The Bertz CT molecular complexity index is 1740. The molecule has 1 saturated heterocycles. The van der Waals surface area contributed by atoms with Gasteiger partial charge in [0, 0.05) is 25.2 Å². The highest BCUT2D eigenvalue weighted by atomic mass is 32.2. The Morgan fingerprint density at radius 1 is 0.787 bits per heavy atom. The van der Waals surface area contributed by atoms with E-state index in [-0.39, 0.29) is 23.3 Å². The van der Waals surface area contributed by atoms with E-state index < -0.39 is 16.1 Å². The number of hydrogen-bond donors (Lipinski definition) is 3. The Balaban J connectivity index is 1.20. The van der Waals surface area contributed by atoms with Gasteiger partial charge in [0.25, 0.3) is 5.91 Å². The predicted molar refractivity (Wildman–Crippen MR) is 183 cm³/mol. The minimum atomic E-state index is -3.78. The summed E-state index contributed by atoms with van der Waals surface area (Å²) >= 11 is 0. The molecule has 5 rings (SSSR count). The molecule has 4 N–H and O–H groups in total. The lowest BCUT2D eigenvalue weighted by Crippen LogP contribution is -2.36. The first-order chi connectivity index (χ1) is 22.7. The largest absolute Gasteiger partial charge is 0.364 e. The van der Waals surface area contributed by atoms with Gasteiger partial charge in [0.05, 0.1) is 11.5 Å². The molecule has 1 atom stereocenters. The van der Waals surface area contributed by atoms with Crippen LogP contribution in [-0.4, -0.2) is 57.4 Å². The molecular formula is C37H42N4O5S. The molecule has 1 unspecified atom stereocenters. The van der Waals surface area contributed by atoms with Gasteiger partial charge in [0.1, 0.15) is 6.10 Å². The Kier molecular flexibility index (Phi) is 11.9. The van der Waals surface area contributed by atoms with Crippen molar-refractivity contribution in [2.75, 3.05) is 26.2 Å². The maximum absolute atomic E-state index is 13.4. The van der Waals surface area contributed by atoms with Crippen molar-refractivity contribution in [3.63, 3.8) is 0 Å². The number of carbonyl (C=O) groups excluding carboxylic acids is 2. The number of nitrogens with one attached hydrogen (secondary N) is 2. The molecule has 0 saturated carbocycles. The summed E-state index contributed by atoms with van der Waals surface area (Å²) < 4.78 is 29.3. The van der Waals surface area contributed by atoms with Crippen molar-refractivity contribution in [2.45, 2.75) is 49.8 Å². The number of nitrogens with zero attached hydrogens (tertiary/aromatic N) is 1. The van der Waals surface area contributed by atoms with Crippen LogP contribution in [0, 0.1) is 0 Å². The van der Waals surface area contributed by atoms with E-state index in [4.69, 9.17) is 9.88 Å². The van der Waals surface area contributed by atoms with E-state index in [1.54, 1.807) is 12.1 Å². The number of sulfonamides is 1. The van der Waals surface area contributed by atoms with Crippen molar-refractivity contribution in [2.24, 2.45) is 5.14 Å². The summed E-state index contributed by atoms with van der Waals surface area (Å²) in [6, 6.07) is 31.5. The van der Waals surface area contributed by atoms with Crippen molar-refractivity contribution >= 4 is 21.8 Å². The van der Waals surface area contributed by atoms with Crippen LogP contribution in [0.25, 0.3) is 11.1 Å². The molecule has 246 valence electrons. The molecule has 0 bridgehead atoms. The van der Waals surface area contributed by atoms with E-state index in [1.165, 1.54) is 25.0 Å². The third kappa shape index (κ3) is 10.3. The fourth-order valence-corrected chi connectivity index (χ4v) is 6.16. The summed E-state index contributed by atoms with van der Waals surface area (Å²) in [5.41, 5.74) is 5.22. The number of ether oxygens (including phenoxy) is 1. The van der Waals surface area contributed by atoms with Gasteiger partial charge in [-0.1, -0.05) is 72.8 Å². The van der Waals surface area contributed by atoms with Crippen LogP contribution in [0.4, 0.5) is 0 Å². The number of amides is 2. The van der Waals surface area contributed by atoms with Gasteiger partial charge in [-0.05, 0) is 96.9 Å². The van der Waals surface area contributed by atoms with Gasteiger partial charge in [0.2, 0.25) is 15.9 Å². The van der Waals surface area contributed by atoms with Gasteiger partial charge in [-0.2, -0.15) is 0 Å². The van der Waals surface area contributed by atoms with E-state index >= 15 is 0 Å². The van der Waals surface area contributed by atoms with E-state index in [2.05, 4.69) is 15.5 Å². The Hall–Kier alpha value is -4.35. The van der Waals surface area contributed by atoms with Crippen LogP contribution in [0.5, 0.6) is 0 Å². The maximum atomic E-state index is 13.4. The van der Waals surface area contributed by atoms with Gasteiger partial charge >= 0.3 is 0 Å². The molecule has 1 fully saturated rings. The molecule has 0 spiro atoms. The summed E-state index contributed by atoms with van der Waals surface area (Å²) in [7, 11) is -3.78. The number of primary sulfonamides is 1. The fraction of sp³-hybridized carbons (Fsp3) is 0.297. The molecule has 1 heterocycles. The highest BCUT2D eigenvalue weighted by molar-refractivity contribution is 7.89. The average molecular weight is 655 g/mol. The van der Waals surface area contributed by atoms with Gasteiger partial charge in [-0.15, -0.1) is 0 Å². The van der Waals surface area contributed by atoms with Gasteiger partial charge < -0.3 is 20.3 Å². The molecule has 0 radical (unpaired) electrons. The van der Waals surface area contributed by atoms with Crippen LogP contribution in [0.3, 0.4) is 0 Å². The Morgan fingerprint density at radius 3 is 2.19 bits per heavy atom. The van der Waals surface area contributed by atoms with Crippen molar-refractivity contribution in [3.8, 4) is 11.1 Å². The second kappa shape index (κ2) is 16.5. The molecule has 1 aliphatic rings. The molecule has 0 aromatic heterocycles. The lowest BCUT2D eigenvalue weighted by Gasteiger charge is -2.18. The summed E-state index contributed by atoms with van der Waals surface area (Å²) in [5.74, 6) is -0.323. The maximum Gasteiger partial charge on any atom is 0.251 e. The predicted octanol–water partition coefficient (Wildman–Crippen LogP) is 4.66. The van der Waals surface area contributed by atoms with Crippen molar-refractivity contribution in [1.29, 1.82) is 0 Å². The van der Waals surface area contributed by atoms with Crippen molar-refractivity contribution in [3.05, 3.63) is 125 Å². The van der Waals surface area contributed by atoms with E-state index in [9.17, 15) is 18.0 Å². The number of hydrogen-bond acceptors (Lipinski definition) is 6. The quantitative estimate of drug-likeness (QED) is 0.171. The number of likely N-dealkylation sites (tertiary alicyclic amines) is 1. The number of nitrogens with two attached hydrogens (primary N) is 1. The minimum Gasteiger partial charge on any atom is -0.364 e. The van der Waals surface area contributed by atoms with Crippen LogP contribution >= 0.6 is 0 Å². The topological polar surface area (TPSA) is 131 Å². The first-order valence-electron chi connectivity index (χ1n) is 16.0. The summed E-state index contributed by atoms with van der Waals surface area (Å²) in [6.45, 7) is 4.27. The van der Waals surface area contributed by atoms with Crippen molar-refractivity contribution < 1.29 is 22.7 Å². The normalized spacial score (nSPS) is 14.1. The molecule has 10 heteroatoms. The second-order valence-electron chi connectivity index (χ2n) is 11.8. The number of aryl methyl sites for hydroxylation is 1. The van der Waals surface area contributed by atoms with Crippen molar-refractivity contribution in [1.82, 2.24) is 15.5 Å². The smallest absolute Gasteiger partial charge is 0.251 e. The molecule has 0 aliphatic carbocycles. The highest BCUT2D eigenvalue weighted by Crippen LogP contribution is 2.22. The molecule has 1 aliphatic heterocycles. The van der Waals surface area contributed by atoms with Crippen LogP contribution in [-0.2, 0) is 39.1 Å². The Morgan fingerprint density at radius 2 is 1.47 bits per heavy atom. The minimum absolute atomic E-state index is 0.0426.